The third-order valence-corrected chi connectivity index (χ3v) is 6.17. The second-order valence-electron chi connectivity index (χ2n) is 8.52. The number of amides is 1. The van der Waals surface area contributed by atoms with Crippen LogP contribution >= 0.6 is 24.8 Å². The lowest BCUT2D eigenvalue weighted by Crippen LogP contribution is -2.39. The van der Waals surface area contributed by atoms with Gasteiger partial charge in [0.05, 0.1) is 22.8 Å². The first kappa shape index (κ1) is 23.5. The molecule has 0 radical (unpaired) electrons. The lowest BCUT2D eigenvalue weighted by atomic mass is 10.0. The summed E-state index contributed by atoms with van der Waals surface area (Å²) in [7, 11) is 0. The number of fused-ring (bicyclic) bond motifs is 3. The Kier molecular flexibility index (Phi) is 7.24. The van der Waals surface area contributed by atoms with Crippen molar-refractivity contribution in [1.29, 1.82) is 0 Å². The molecule has 2 unspecified atom stereocenters. The van der Waals surface area contributed by atoms with Crippen molar-refractivity contribution in [3.8, 4) is 11.3 Å². The van der Waals surface area contributed by atoms with Gasteiger partial charge in [0.2, 0.25) is 0 Å². The highest BCUT2D eigenvalue weighted by atomic mass is 35.5. The Balaban J connectivity index is 0.00000136. The van der Waals surface area contributed by atoms with Crippen LogP contribution in [0.3, 0.4) is 0 Å². The van der Waals surface area contributed by atoms with Crippen LogP contribution in [0.25, 0.3) is 22.3 Å². The van der Waals surface area contributed by atoms with E-state index in [9.17, 15) is 4.79 Å². The number of hydrogen-bond acceptors (Lipinski definition) is 4. The Bertz CT molecular complexity index is 1050. The highest BCUT2D eigenvalue weighted by Crippen LogP contribution is 2.28. The third-order valence-electron chi connectivity index (χ3n) is 6.17. The van der Waals surface area contributed by atoms with Crippen molar-refractivity contribution in [3.63, 3.8) is 0 Å². The van der Waals surface area contributed by atoms with Crippen LogP contribution in [0.15, 0.2) is 42.6 Å². The van der Waals surface area contributed by atoms with Crippen LogP contribution < -0.4 is 5.32 Å². The Morgan fingerprint density at radius 3 is 2.58 bits per heavy atom. The number of pyridine rings is 1. The molecule has 2 atom stereocenters. The molecule has 2 aliphatic rings. The summed E-state index contributed by atoms with van der Waals surface area (Å²) in [6, 6.07) is 13.1. The van der Waals surface area contributed by atoms with Gasteiger partial charge in [0.25, 0.3) is 5.91 Å². The fourth-order valence-corrected chi connectivity index (χ4v) is 4.63. The molecule has 2 aliphatic heterocycles. The van der Waals surface area contributed by atoms with Crippen molar-refractivity contribution in [1.82, 2.24) is 25.0 Å². The number of hydrogen-bond donors (Lipinski definition) is 1. The zero-order valence-electron chi connectivity index (χ0n) is 17.8. The second kappa shape index (κ2) is 9.55. The van der Waals surface area contributed by atoms with E-state index in [-0.39, 0.29) is 36.8 Å². The minimum absolute atomic E-state index is 0. The molecule has 5 rings (SSSR count). The smallest absolute Gasteiger partial charge is 0.254 e. The second-order valence-corrected chi connectivity index (χ2v) is 8.52. The minimum Gasteiger partial charge on any atom is -0.337 e. The largest absolute Gasteiger partial charge is 0.337 e. The fourth-order valence-electron chi connectivity index (χ4n) is 4.63. The number of nitrogens with one attached hydrogen (secondary N) is 1. The van der Waals surface area contributed by atoms with Crippen LogP contribution in [0, 0.1) is 0 Å². The lowest BCUT2D eigenvalue weighted by Gasteiger charge is -2.25. The van der Waals surface area contributed by atoms with Gasteiger partial charge in [-0.05, 0) is 39.2 Å². The molecule has 1 aromatic carbocycles. The Hall–Kier alpha value is -2.15. The van der Waals surface area contributed by atoms with Gasteiger partial charge in [0, 0.05) is 36.8 Å². The number of carbonyl (C=O) groups is 1. The van der Waals surface area contributed by atoms with Crippen LogP contribution in [-0.4, -0.2) is 50.7 Å². The molecular weight excluding hydrogens is 433 g/mol. The van der Waals surface area contributed by atoms with Crippen LogP contribution in [0.2, 0.25) is 0 Å². The van der Waals surface area contributed by atoms with Gasteiger partial charge in [0.15, 0.2) is 5.65 Å². The quantitative estimate of drug-likeness (QED) is 0.623. The first-order chi connectivity index (χ1) is 14.1. The number of halogens is 2. The van der Waals surface area contributed by atoms with E-state index in [1.54, 1.807) is 6.20 Å². The minimum atomic E-state index is 0. The van der Waals surface area contributed by atoms with E-state index in [2.05, 4.69) is 24.3 Å². The highest BCUT2D eigenvalue weighted by Gasteiger charge is 2.32. The number of nitrogens with zero attached hydrogens (tertiary/aromatic N) is 4. The van der Waals surface area contributed by atoms with Gasteiger partial charge in [-0.1, -0.05) is 30.3 Å². The predicted molar refractivity (Wildman–Crippen MR) is 128 cm³/mol. The van der Waals surface area contributed by atoms with Crippen molar-refractivity contribution in [2.75, 3.05) is 13.1 Å². The van der Waals surface area contributed by atoms with E-state index in [4.69, 9.17) is 4.98 Å². The molecule has 2 saturated heterocycles. The van der Waals surface area contributed by atoms with Crippen molar-refractivity contribution in [3.05, 3.63) is 48.2 Å². The van der Waals surface area contributed by atoms with E-state index >= 15 is 0 Å². The molecule has 4 heterocycles. The van der Waals surface area contributed by atoms with Gasteiger partial charge < -0.3 is 10.2 Å². The molecule has 166 valence electrons. The fraction of sp³-hybridized carbons (Fsp3) is 0.435. The highest BCUT2D eigenvalue weighted by molar-refractivity contribution is 6.06. The SMILES string of the molecule is CC(C)n1ncc2c(C(=O)N3CCC4CCC(C3)N4)cc(-c3ccccc3)nc21.Cl.Cl. The molecule has 1 N–H and O–H groups in total. The summed E-state index contributed by atoms with van der Waals surface area (Å²) in [4.78, 5) is 20.5. The molecular formula is C23H29Cl2N5O. The molecule has 2 aromatic heterocycles. The Labute approximate surface area is 195 Å². The molecule has 0 spiro atoms. The maximum atomic E-state index is 13.6. The zero-order valence-corrected chi connectivity index (χ0v) is 19.5. The number of likely N-dealkylation sites (tertiary alicyclic amines) is 1. The normalized spacial score (nSPS) is 20.3. The van der Waals surface area contributed by atoms with E-state index < -0.39 is 0 Å². The van der Waals surface area contributed by atoms with Gasteiger partial charge in [0.1, 0.15) is 0 Å². The maximum absolute atomic E-state index is 13.6. The molecule has 2 bridgehead atoms. The van der Waals surface area contributed by atoms with E-state index in [0.29, 0.717) is 17.6 Å². The topological polar surface area (TPSA) is 63.1 Å². The van der Waals surface area contributed by atoms with Crippen molar-refractivity contribution < 1.29 is 4.79 Å². The first-order valence-electron chi connectivity index (χ1n) is 10.6. The van der Waals surface area contributed by atoms with Crippen molar-refractivity contribution >= 4 is 41.8 Å². The average molecular weight is 462 g/mol. The summed E-state index contributed by atoms with van der Waals surface area (Å²) in [6.45, 7) is 5.75. The molecule has 0 aliphatic carbocycles. The Morgan fingerprint density at radius 1 is 1.10 bits per heavy atom. The zero-order chi connectivity index (χ0) is 20.0. The molecule has 3 aromatic rings. The Morgan fingerprint density at radius 2 is 1.84 bits per heavy atom. The van der Waals surface area contributed by atoms with E-state index in [0.717, 1.165) is 48.2 Å². The number of benzene rings is 1. The van der Waals surface area contributed by atoms with Crippen LogP contribution in [0.1, 0.15) is 49.5 Å². The molecule has 6 nitrogen and oxygen atoms in total. The summed E-state index contributed by atoms with van der Waals surface area (Å²) >= 11 is 0. The summed E-state index contributed by atoms with van der Waals surface area (Å²) in [5.41, 5.74) is 3.31. The van der Waals surface area contributed by atoms with Gasteiger partial charge in [-0.25, -0.2) is 9.67 Å². The van der Waals surface area contributed by atoms with Crippen molar-refractivity contribution in [2.45, 2.75) is 51.2 Å². The van der Waals surface area contributed by atoms with Gasteiger partial charge >= 0.3 is 0 Å². The first-order valence-corrected chi connectivity index (χ1v) is 10.6. The lowest BCUT2D eigenvalue weighted by molar-refractivity contribution is 0.0750. The number of aromatic nitrogens is 3. The van der Waals surface area contributed by atoms with Gasteiger partial charge in [-0.3, -0.25) is 4.79 Å². The number of carbonyl (C=O) groups excluding carboxylic acids is 1. The summed E-state index contributed by atoms with van der Waals surface area (Å²) in [5.74, 6) is 0.0900. The van der Waals surface area contributed by atoms with E-state index in [1.165, 1.54) is 6.42 Å². The molecule has 0 saturated carbocycles. The summed E-state index contributed by atoms with van der Waals surface area (Å²) < 4.78 is 1.91. The van der Waals surface area contributed by atoms with Crippen LogP contribution in [-0.2, 0) is 0 Å². The molecule has 31 heavy (non-hydrogen) atoms. The standard InChI is InChI=1S/C23H27N5O.2ClH/c1-15(2)28-22-20(13-24-28)19(12-21(26-22)16-6-4-3-5-7-16)23(29)27-11-10-17-8-9-18(14-27)25-17;;/h3-7,12-13,15,17-18,25H,8-11,14H2,1-2H3;2*1H. The number of rotatable bonds is 3. The third kappa shape index (κ3) is 4.43. The summed E-state index contributed by atoms with van der Waals surface area (Å²) in [6.07, 6.45) is 5.20. The van der Waals surface area contributed by atoms with Gasteiger partial charge in [-0.2, -0.15) is 5.10 Å². The predicted octanol–water partition coefficient (Wildman–Crippen LogP) is 4.49. The molecule has 8 heteroatoms. The summed E-state index contributed by atoms with van der Waals surface area (Å²) in [5, 5.41) is 9.04. The van der Waals surface area contributed by atoms with Crippen LogP contribution in [0.4, 0.5) is 0 Å². The maximum Gasteiger partial charge on any atom is 0.254 e. The van der Waals surface area contributed by atoms with Crippen molar-refractivity contribution in [2.24, 2.45) is 0 Å². The van der Waals surface area contributed by atoms with E-state index in [1.807, 2.05) is 46.0 Å². The monoisotopic (exact) mass is 461 g/mol. The molecule has 2 fully saturated rings. The average Bonchev–Trinajstić information content (AvgIpc) is 3.30. The molecule has 1 amide bonds. The van der Waals surface area contributed by atoms with Crippen LogP contribution in [0.5, 0.6) is 0 Å². The van der Waals surface area contributed by atoms with Gasteiger partial charge in [-0.15, -0.1) is 24.8 Å².